The summed E-state index contributed by atoms with van der Waals surface area (Å²) >= 11 is 0. The van der Waals surface area contributed by atoms with Gasteiger partial charge in [0.05, 0.1) is 18.8 Å². The number of amides is 1. The van der Waals surface area contributed by atoms with Crippen molar-refractivity contribution >= 4 is 5.91 Å². The molecule has 4 N–H and O–H groups in total. The molecule has 0 radical (unpaired) electrons. The molecule has 0 aliphatic heterocycles. The van der Waals surface area contributed by atoms with E-state index in [2.05, 4.69) is 43.5 Å². The largest absolute Gasteiger partial charge is 0.394 e. The average molecular weight is 804 g/mol. The highest BCUT2D eigenvalue weighted by Crippen LogP contribution is 2.17. The zero-order chi connectivity index (χ0) is 41.5. The smallest absolute Gasteiger partial charge is 0.220 e. The molecule has 5 nitrogen and oxygen atoms in total. The van der Waals surface area contributed by atoms with Gasteiger partial charge in [-0.3, -0.25) is 4.79 Å². The van der Waals surface area contributed by atoms with Gasteiger partial charge in [-0.2, -0.15) is 0 Å². The molecule has 0 aromatic heterocycles. The van der Waals surface area contributed by atoms with Gasteiger partial charge in [0.2, 0.25) is 5.91 Å². The van der Waals surface area contributed by atoms with Crippen LogP contribution in [-0.2, 0) is 4.79 Å². The number of allylic oxidation sites excluding steroid dienone is 4. The minimum atomic E-state index is -1.14. The van der Waals surface area contributed by atoms with Gasteiger partial charge in [-0.05, 0) is 44.9 Å². The first-order chi connectivity index (χ1) is 28.1. The van der Waals surface area contributed by atoms with Crippen LogP contribution in [0.4, 0.5) is 0 Å². The number of hydrogen-bond donors (Lipinski definition) is 4. The molecule has 3 atom stereocenters. The van der Waals surface area contributed by atoms with E-state index in [0.29, 0.717) is 12.8 Å². The van der Waals surface area contributed by atoms with Crippen LogP contribution in [0.3, 0.4) is 0 Å². The zero-order valence-electron chi connectivity index (χ0n) is 38.5. The number of rotatable bonds is 47. The second kappa shape index (κ2) is 47.5. The molecule has 0 aliphatic carbocycles. The lowest BCUT2D eigenvalue weighted by Crippen LogP contribution is -2.50. The van der Waals surface area contributed by atoms with Crippen LogP contribution in [0.2, 0.25) is 0 Å². The topological polar surface area (TPSA) is 89.8 Å². The Hall–Kier alpha value is -1.17. The molecule has 5 heteroatoms. The van der Waals surface area contributed by atoms with Crippen LogP contribution in [-0.4, -0.2) is 46.1 Å². The van der Waals surface area contributed by atoms with E-state index in [-0.39, 0.29) is 12.5 Å². The van der Waals surface area contributed by atoms with Crippen molar-refractivity contribution in [3.63, 3.8) is 0 Å². The van der Waals surface area contributed by atoms with Gasteiger partial charge in [-0.25, -0.2) is 0 Å². The molecule has 338 valence electrons. The Morgan fingerprint density at radius 1 is 0.439 bits per heavy atom. The fraction of sp³-hybridized carbons (Fsp3) is 0.904. The van der Waals surface area contributed by atoms with Crippen molar-refractivity contribution in [1.29, 1.82) is 0 Å². The van der Waals surface area contributed by atoms with Crippen LogP contribution in [0.5, 0.6) is 0 Å². The molecule has 0 saturated heterocycles. The monoisotopic (exact) mass is 804 g/mol. The van der Waals surface area contributed by atoms with Crippen molar-refractivity contribution in [2.75, 3.05) is 6.61 Å². The predicted octanol–water partition coefficient (Wildman–Crippen LogP) is 15.3. The van der Waals surface area contributed by atoms with E-state index in [0.717, 1.165) is 44.9 Å². The number of aliphatic hydroxyl groups excluding tert-OH is 3. The van der Waals surface area contributed by atoms with Crippen LogP contribution in [0.15, 0.2) is 24.3 Å². The number of unbranched alkanes of at least 4 members (excludes halogenated alkanes) is 35. The van der Waals surface area contributed by atoms with Crippen LogP contribution in [0.1, 0.15) is 277 Å². The standard InChI is InChI=1S/C52H101NO4/c1-3-5-7-9-11-13-15-17-19-21-22-23-24-25-26-27-28-29-30-31-33-35-37-39-41-43-45-47-51(56)53-49(48-54)52(57)50(55)46-44-42-40-38-36-34-32-20-18-16-14-12-10-8-6-4-2/h22-23,25-26,49-50,52,54-55,57H,3-21,24,27-48H2,1-2H3,(H,53,56)/b23-22-,26-25-. The lowest BCUT2D eigenvalue weighted by atomic mass is 9.99. The first-order valence-corrected chi connectivity index (χ1v) is 25.6. The molecule has 0 fully saturated rings. The highest BCUT2D eigenvalue weighted by atomic mass is 16.3. The first kappa shape index (κ1) is 55.8. The summed E-state index contributed by atoms with van der Waals surface area (Å²) in [7, 11) is 0. The minimum absolute atomic E-state index is 0.144. The molecule has 0 aromatic rings. The third-order valence-electron chi connectivity index (χ3n) is 12.1. The van der Waals surface area contributed by atoms with Crippen molar-refractivity contribution in [3.8, 4) is 0 Å². The summed E-state index contributed by atoms with van der Waals surface area (Å²) < 4.78 is 0. The van der Waals surface area contributed by atoms with Crippen molar-refractivity contribution in [2.45, 2.75) is 295 Å². The van der Waals surface area contributed by atoms with E-state index in [4.69, 9.17) is 0 Å². The summed E-state index contributed by atoms with van der Waals surface area (Å²) in [5.41, 5.74) is 0. The van der Waals surface area contributed by atoms with Crippen molar-refractivity contribution in [2.24, 2.45) is 0 Å². The Labute approximate surface area is 356 Å². The summed E-state index contributed by atoms with van der Waals surface area (Å²) in [4.78, 5) is 12.5. The number of carbonyl (C=O) groups is 1. The van der Waals surface area contributed by atoms with Gasteiger partial charge in [-0.1, -0.05) is 250 Å². The van der Waals surface area contributed by atoms with Gasteiger partial charge < -0.3 is 20.6 Å². The van der Waals surface area contributed by atoms with Crippen molar-refractivity contribution in [1.82, 2.24) is 5.32 Å². The molecule has 0 heterocycles. The Morgan fingerprint density at radius 3 is 1.11 bits per heavy atom. The maximum atomic E-state index is 12.5. The second-order valence-electron chi connectivity index (χ2n) is 17.7. The highest BCUT2D eigenvalue weighted by Gasteiger charge is 2.26. The number of aliphatic hydroxyl groups is 3. The Bertz CT molecular complexity index is 844. The molecule has 0 saturated carbocycles. The number of nitrogens with one attached hydrogen (secondary N) is 1. The summed E-state index contributed by atoms with van der Waals surface area (Å²) in [6.45, 7) is 4.20. The molecule has 0 rings (SSSR count). The fourth-order valence-electron chi connectivity index (χ4n) is 8.08. The summed E-state index contributed by atoms with van der Waals surface area (Å²) in [5, 5.41) is 33.7. The Balaban J connectivity index is 3.56. The minimum Gasteiger partial charge on any atom is -0.394 e. The van der Waals surface area contributed by atoms with Gasteiger partial charge >= 0.3 is 0 Å². The fourth-order valence-corrected chi connectivity index (χ4v) is 8.08. The SMILES string of the molecule is CCCCCCCCCCC/C=C\C/C=C\CCCCCCCCCCCCCC(=O)NC(CO)C(O)C(O)CCCCCCCCCCCCCCCCCC. The van der Waals surface area contributed by atoms with Crippen LogP contribution < -0.4 is 5.32 Å². The summed E-state index contributed by atoms with van der Waals surface area (Å²) in [6.07, 6.45) is 58.8. The van der Waals surface area contributed by atoms with E-state index in [1.807, 2.05) is 0 Å². The van der Waals surface area contributed by atoms with E-state index >= 15 is 0 Å². The number of hydrogen-bond acceptors (Lipinski definition) is 4. The lowest BCUT2D eigenvalue weighted by molar-refractivity contribution is -0.124. The number of carbonyl (C=O) groups excluding carboxylic acids is 1. The predicted molar refractivity (Wildman–Crippen MR) is 250 cm³/mol. The molecular formula is C52H101NO4. The molecule has 3 unspecified atom stereocenters. The Kier molecular flexibility index (Phi) is 46.5. The van der Waals surface area contributed by atoms with E-state index in [1.165, 1.54) is 205 Å². The summed E-state index contributed by atoms with van der Waals surface area (Å²) in [6, 6.07) is -0.809. The molecule has 0 spiro atoms. The Morgan fingerprint density at radius 2 is 0.754 bits per heavy atom. The zero-order valence-corrected chi connectivity index (χ0v) is 38.5. The van der Waals surface area contributed by atoms with E-state index < -0.39 is 18.2 Å². The molecule has 0 bridgehead atoms. The molecule has 0 aromatic carbocycles. The van der Waals surface area contributed by atoms with Crippen molar-refractivity contribution < 1.29 is 20.1 Å². The van der Waals surface area contributed by atoms with Crippen LogP contribution in [0, 0.1) is 0 Å². The lowest BCUT2D eigenvalue weighted by Gasteiger charge is -2.26. The quantitative estimate of drug-likeness (QED) is 0.0364. The third kappa shape index (κ3) is 42.8. The molecule has 0 aliphatic rings. The average Bonchev–Trinajstić information content (AvgIpc) is 3.22. The molecule has 1 amide bonds. The van der Waals surface area contributed by atoms with Gasteiger partial charge in [-0.15, -0.1) is 0 Å². The highest BCUT2D eigenvalue weighted by molar-refractivity contribution is 5.76. The van der Waals surface area contributed by atoms with Crippen LogP contribution >= 0.6 is 0 Å². The maximum Gasteiger partial charge on any atom is 0.220 e. The first-order valence-electron chi connectivity index (χ1n) is 25.6. The van der Waals surface area contributed by atoms with E-state index in [1.54, 1.807) is 0 Å². The normalized spacial score (nSPS) is 13.6. The van der Waals surface area contributed by atoms with Gasteiger partial charge in [0, 0.05) is 6.42 Å². The summed E-state index contributed by atoms with van der Waals surface area (Å²) in [5.74, 6) is -0.144. The van der Waals surface area contributed by atoms with E-state index in [9.17, 15) is 20.1 Å². The van der Waals surface area contributed by atoms with Gasteiger partial charge in [0.15, 0.2) is 0 Å². The van der Waals surface area contributed by atoms with Crippen LogP contribution in [0.25, 0.3) is 0 Å². The molecule has 57 heavy (non-hydrogen) atoms. The molecular weight excluding hydrogens is 703 g/mol. The third-order valence-corrected chi connectivity index (χ3v) is 12.1. The van der Waals surface area contributed by atoms with Gasteiger partial charge in [0.1, 0.15) is 6.10 Å². The van der Waals surface area contributed by atoms with Gasteiger partial charge in [0.25, 0.3) is 0 Å². The maximum absolute atomic E-state index is 12.5. The van der Waals surface area contributed by atoms with Crippen molar-refractivity contribution in [3.05, 3.63) is 24.3 Å². The second-order valence-corrected chi connectivity index (χ2v) is 17.7.